The largest absolute Gasteiger partial charge is 0.497 e. The van der Waals surface area contributed by atoms with Crippen LogP contribution >= 0.6 is 0 Å². The fourth-order valence-corrected chi connectivity index (χ4v) is 3.08. The van der Waals surface area contributed by atoms with E-state index in [9.17, 15) is 9.59 Å². The van der Waals surface area contributed by atoms with Gasteiger partial charge in [-0.05, 0) is 49.6 Å². The minimum atomic E-state index is -0.551. The van der Waals surface area contributed by atoms with Crippen molar-refractivity contribution >= 4 is 11.8 Å². The highest BCUT2D eigenvalue weighted by Crippen LogP contribution is 2.18. The van der Waals surface area contributed by atoms with Gasteiger partial charge in [0.25, 0.3) is 5.91 Å². The summed E-state index contributed by atoms with van der Waals surface area (Å²) in [6.07, 6.45) is 1.37. The molecule has 0 aliphatic rings. The Morgan fingerprint density at radius 1 is 1.00 bits per heavy atom. The molecule has 2 aromatic rings. The molecule has 1 N–H and O–H groups in total. The number of ether oxygens (including phenoxy) is 2. The third kappa shape index (κ3) is 6.79. The molecule has 162 valence electrons. The fraction of sp³-hybridized carbons (Fsp3) is 0.417. The highest BCUT2D eigenvalue weighted by Gasteiger charge is 2.28. The van der Waals surface area contributed by atoms with Crippen LogP contribution in [0.15, 0.2) is 48.5 Å². The molecule has 2 rings (SSSR count). The Balaban J connectivity index is 2.15. The van der Waals surface area contributed by atoms with Gasteiger partial charge in [-0.15, -0.1) is 0 Å². The number of carbonyl (C=O) groups is 2. The van der Waals surface area contributed by atoms with Crippen molar-refractivity contribution in [3.63, 3.8) is 0 Å². The van der Waals surface area contributed by atoms with E-state index in [2.05, 4.69) is 5.32 Å². The Hall–Kier alpha value is -3.02. The zero-order chi connectivity index (χ0) is 21.9. The molecule has 0 spiro atoms. The third-order valence-corrected chi connectivity index (χ3v) is 4.83. The minimum Gasteiger partial charge on any atom is -0.497 e. The second-order valence-electron chi connectivity index (χ2n) is 7.19. The van der Waals surface area contributed by atoms with Crippen molar-refractivity contribution < 1.29 is 19.1 Å². The van der Waals surface area contributed by atoms with Gasteiger partial charge in [-0.25, -0.2) is 0 Å². The highest BCUT2D eigenvalue weighted by atomic mass is 16.5. The number of nitrogens with one attached hydrogen (secondary N) is 1. The van der Waals surface area contributed by atoms with Crippen LogP contribution in [0.1, 0.15) is 37.8 Å². The van der Waals surface area contributed by atoms with Gasteiger partial charge in [0.1, 0.15) is 17.5 Å². The lowest BCUT2D eigenvalue weighted by molar-refractivity contribution is -0.143. The molecule has 2 aromatic carbocycles. The van der Waals surface area contributed by atoms with Crippen molar-refractivity contribution in [2.75, 3.05) is 20.3 Å². The van der Waals surface area contributed by atoms with Crippen LogP contribution in [0, 0.1) is 6.92 Å². The van der Waals surface area contributed by atoms with E-state index in [4.69, 9.17) is 9.47 Å². The van der Waals surface area contributed by atoms with Crippen LogP contribution < -0.4 is 14.8 Å². The van der Waals surface area contributed by atoms with Crippen molar-refractivity contribution in [1.82, 2.24) is 10.2 Å². The van der Waals surface area contributed by atoms with Crippen LogP contribution in [0.5, 0.6) is 11.5 Å². The van der Waals surface area contributed by atoms with Gasteiger partial charge >= 0.3 is 0 Å². The lowest BCUT2D eigenvalue weighted by Crippen LogP contribution is -2.50. The Bertz CT molecular complexity index is 803. The SMILES string of the molecule is CCCNC(=O)[C@@H](CC)N(Cc1ccc(C)cc1)C(=O)COc1ccc(OC)cc1. The molecule has 30 heavy (non-hydrogen) atoms. The number of nitrogens with zero attached hydrogens (tertiary/aromatic N) is 1. The van der Waals surface area contributed by atoms with Crippen molar-refractivity contribution in [2.45, 2.75) is 46.2 Å². The number of carbonyl (C=O) groups excluding carboxylic acids is 2. The molecule has 2 amide bonds. The molecule has 0 saturated heterocycles. The molecule has 0 radical (unpaired) electrons. The lowest BCUT2D eigenvalue weighted by atomic mass is 10.1. The van der Waals surface area contributed by atoms with Crippen LogP contribution in [-0.4, -0.2) is 43.0 Å². The zero-order valence-corrected chi connectivity index (χ0v) is 18.3. The molecule has 6 heteroatoms. The summed E-state index contributed by atoms with van der Waals surface area (Å²) in [6.45, 7) is 6.72. The van der Waals surface area contributed by atoms with Gasteiger partial charge in [-0.1, -0.05) is 43.7 Å². The van der Waals surface area contributed by atoms with Crippen molar-refractivity contribution in [3.05, 3.63) is 59.7 Å². The van der Waals surface area contributed by atoms with Crippen LogP contribution in [0.3, 0.4) is 0 Å². The maximum atomic E-state index is 13.1. The first kappa shape index (κ1) is 23.3. The van der Waals surface area contributed by atoms with Crippen LogP contribution in [0.2, 0.25) is 0 Å². The summed E-state index contributed by atoms with van der Waals surface area (Å²) in [6, 6.07) is 14.5. The van der Waals surface area contributed by atoms with E-state index in [1.165, 1.54) is 0 Å². The monoisotopic (exact) mass is 412 g/mol. The molecule has 0 heterocycles. The van der Waals surface area contributed by atoms with Gasteiger partial charge in [-0.2, -0.15) is 0 Å². The van der Waals surface area contributed by atoms with E-state index in [0.29, 0.717) is 31.0 Å². The van der Waals surface area contributed by atoms with E-state index in [0.717, 1.165) is 17.5 Å². The molecule has 6 nitrogen and oxygen atoms in total. The average molecular weight is 413 g/mol. The first-order valence-electron chi connectivity index (χ1n) is 10.4. The van der Waals surface area contributed by atoms with E-state index >= 15 is 0 Å². The summed E-state index contributed by atoms with van der Waals surface area (Å²) in [5, 5.41) is 2.91. The first-order chi connectivity index (χ1) is 14.5. The summed E-state index contributed by atoms with van der Waals surface area (Å²) < 4.78 is 10.8. The molecular formula is C24H32N2O4. The van der Waals surface area contributed by atoms with E-state index in [1.54, 1.807) is 36.3 Å². The zero-order valence-electron chi connectivity index (χ0n) is 18.3. The molecule has 0 bridgehead atoms. The van der Waals surface area contributed by atoms with Crippen LogP contribution in [0.25, 0.3) is 0 Å². The van der Waals surface area contributed by atoms with E-state index < -0.39 is 6.04 Å². The summed E-state index contributed by atoms with van der Waals surface area (Å²) in [5.41, 5.74) is 2.12. The fourth-order valence-electron chi connectivity index (χ4n) is 3.08. The topological polar surface area (TPSA) is 67.9 Å². The van der Waals surface area contributed by atoms with Crippen molar-refractivity contribution in [1.29, 1.82) is 0 Å². The van der Waals surface area contributed by atoms with Gasteiger partial charge in [0.05, 0.1) is 7.11 Å². The number of aryl methyl sites for hydroxylation is 1. The summed E-state index contributed by atoms with van der Waals surface area (Å²) in [4.78, 5) is 27.4. The van der Waals surface area contributed by atoms with Gasteiger partial charge in [0.2, 0.25) is 5.91 Å². The van der Waals surface area contributed by atoms with Gasteiger partial charge in [0.15, 0.2) is 6.61 Å². The summed E-state index contributed by atoms with van der Waals surface area (Å²) >= 11 is 0. The molecule has 0 saturated carbocycles. The number of benzene rings is 2. The quantitative estimate of drug-likeness (QED) is 0.611. The predicted molar refractivity (Wildman–Crippen MR) is 118 cm³/mol. The molecule has 0 unspecified atom stereocenters. The summed E-state index contributed by atoms with van der Waals surface area (Å²) in [7, 11) is 1.59. The third-order valence-electron chi connectivity index (χ3n) is 4.83. The number of rotatable bonds is 11. The molecular weight excluding hydrogens is 380 g/mol. The molecule has 0 aliphatic heterocycles. The summed E-state index contributed by atoms with van der Waals surface area (Å²) in [5.74, 6) is 0.922. The van der Waals surface area contributed by atoms with Gasteiger partial charge in [-0.3, -0.25) is 9.59 Å². The van der Waals surface area contributed by atoms with Gasteiger partial charge < -0.3 is 19.7 Å². The molecule has 0 aliphatic carbocycles. The Morgan fingerprint density at radius 2 is 1.63 bits per heavy atom. The maximum absolute atomic E-state index is 13.1. The average Bonchev–Trinajstić information content (AvgIpc) is 2.77. The van der Waals surface area contributed by atoms with E-state index in [1.807, 2.05) is 45.0 Å². The van der Waals surface area contributed by atoms with Crippen LogP contribution in [-0.2, 0) is 16.1 Å². The number of methoxy groups -OCH3 is 1. The smallest absolute Gasteiger partial charge is 0.261 e. The standard InChI is InChI=1S/C24H32N2O4/c1-5-15-25-24(28)22(6-2)26(16-19-9-7-18(3)8-10-19)23(27)17-30-21-13-11-20(29-4)12-14-21/h7-14,22H,5-6,15-17H2,1-4H3,(H,25,28)/t22-/m1/s1. The first-order valence-corrected chi connectivity index (χ1v) is 10.4. The molecule has 1 atom stereocenters. The number of amides is 2. The normalized spacial score (nSPS) is 11.5. The Labute approximate surface area is 179 Å². The number of hydrogen-bond donors (Lipinski definition) is 1. The molecule has 0 aromatic heterocycles. The second kappa shape index (κ2) is 11.9. The highest BCUT2D eigenvalue weighted by molar-refractivity contribution is 5.88. The predicted octanol–water partition coefficient (Wildman–Crippen LogP) is 3.72. The lowest BCUT2D eigenvalue weighted by Gasteiger charge is -2.30. The molecule has 0 fully saturated rings. The minimum absolute atomic E-state index is 0.135. The van der Waals surface area contributed by atoms with E-state index in [-0.39, 0.29) is 18.4 Å². The Kier molecular flexibility index (Phi) is 9.19. The van der Waals surface area contributed by atoms with Gasteiger partial charge in [0, 0.05) is 13.1 Å². The second-order valence-corrected chi connectivity index (χ2v) is 7.19. The van der Waals surface area contributed by atoms with Crippen molar-refractivity contribution in [2.24, 2.45) is 0 Å². The van der Waals surface area contributed by atoms with Crippen molar-refractivity contribution in [3.8, 4) is 11.5 Å². The Morgan fingerprint density at radius 3 is 2.20 bits per heavy atom. The van der Waals surface area contributed by atoms with Crippen LogP contribution in [0.4, 0.5) is 0 Å². The maximum Gasteiger partial charge on any atom is 0.261 e. The number of hydrogen-bond acceptors (Lipinski definition) is 4.